The van der Waals surface area contributed by atoms with Gasteiger partial charge in [0.1, 0.15) is 0 Å². The van der Waals surface area contributed by atoms with Crippen LogP contribution in [0.25, 0.3) is 0 Å². The van der Waals surface area contributed by atoms with Crippen LogP contribution in [0.3, 0.4) is 0 Å². The Morgan fingerprint density at radius 3 is 2.09 bits per heavy atom. The van der Waals surface area contributed by atoms with Crippen molar-refractivity contribution < 1.29 is 19.2 Å². The maximum atomic E-state index is 12.0. The van der Waals surface area contributed by atoms with Gasteiger partial charge in [-0.3, -0.25) is 32.7 Å². The smallest absolute Gasteiger partial charge is 0.234 e. The molecule has 1 fully saturated rings. The predicted molar refractivity (Wildman–Crippen MR) is 91.4 cm³/mol. The topological polar surface area (TPSA) is 78.0 Å². The minimum atomic E-state index is -0.313. The summed E-state index contributed by atoms with van der Waals surface area (Å²) in [5.41, 5.74) is 0. The first-order valence-corrected chi connectivity index (χ1v) is 8.40. The average molecular weight is 361 g/mol. The molecule has 0 spiro atoms. The van der Waals surface area contributed by atoms with Crippen molar-refractivity contribution in [1.82, 2.24) is 13.5 Å². The average Bonchev–Trinajstić information content (AvgIpc) is 2.75. The third-order valence-electron chi connectivity index (χ3n) is 3.58. The van der Waals surface area contributed by atoms with Gasteiger partial charge in [0, 0.05) is 31.7 Å². The molecule has 0 aromatic carbocycles. The lowest BCUT2D eigenvalue weighted by Crippen LogP contribution is -2.36. The maximum absolute atomic E-state index is 12.0. The standard InChI is InChI=1S/C14H23N3O4S2/c1-3-4-11(18)16(22)7-8-17(23)12(19)5-6-15-13(20)9-10(2)14(15)21/h10,22-23H,3-9H2,1-2H3. The van der Waals surface area contributed by atoms with Crippen molar-refractivity contribution in [3.8, 4) is 0 Å². The Morgan fingerprint density at radius 1 is 1.13 bits per heavy atom. The Hall–Kier alpha value is -1.22. The minimum absolute atomic E-state index is 0.0170. The number of carbonyl (C=O) groups is 4. The van der Waals surface area contributed by atoms with Crippen LogP contribution in [0.2, 0.25) is 0 Å². The number of hydrogen-bond donors (Lipinski definition) is 2. The van der Waals surface area contributed by atoms with E-state index in [-0.39, 0.29) is 62.0 Å². The van der Waals surface area contributed by atoms with Crippen molar-refractivity contribution in [2.45, 2.75) is 39.5 Å². The molecule has 1 rings (SSSR count). The van der Waals surface area contributed by atoms with Crippen LogP contribution in [0.4, 0.5) is 0 Å². The molecule has 1 heterocycles. The van der Waals surface area contributed by atoms with Crippen molar-refractivity contribution in [3.05, 3.63) is 0 Å². The lowest BCUT2D eigenvalue weighted by Gasteiger charge is -2.21. The van der Waals surface area contributed by atoms with Gasteiger partial charge in [0.2, 0.25) is 23.6 Å². The molecule has 1 saturated heterocycles. The second-order valence-electron chi connectivity index (χ2n) is 5.52. The molecule has 130 valence electrons. The molecular weight excluding hydrogens is 338 g/mol. The highest BCUT2D eigenvalue weighted by atomic mass is 32.1. The monoisotopic (exact) mass is 361 g/mol. The zero-order valence-electron chi connectivity index (χ0n) is 13.4. The van der Waals surface area contributed by atoms with Crippen LogP contribution in [0, 0.1) is 5.92 Å². The molecule has 1 aliphatic heterocycles. The van der Waals surface area contributed by atoms with Gasteiger partial charge in [-0.1, -0.05) is 39.5 Å². The number of thiol groups is 2. The molecular formula is C14H23N3O4S2. The van der Waals surface area contributed by atoms with E-state index in [0.717, 1.165) is 11.3 Å². The van der Waals surface area contributed by atoms with Gasteiger partial charge in [-0.05, 0) is 6.42 Å². The zero-order chi connectivity index (χ0) is 17.6. The predicted octanol–water partition coefficient (Wildman–Crippen LogP) is 0.918. The lowest BCUT2D eigenvalue weighted by atomic mass is 10.1. The molecule has 1 unspecified atom stereocenters. The SMILES string of the molecule is CCCC(=O)N(S)CCN(S)C(=O)CCN1C(=O)CC(C)C1=O. The Kier molecular flexibility index (Phi) is 7.90. The second kappa shape index (κ2) is 9.17. The summed E-state index contributed by atoms with van der Waals surface area (Å²) >= 11 is 8.16. The van der Waals surface area contributed by atoms with Gasteiger partial charge in [0.15, 0.2) is 0 Å². The van der Waals surface area contributed by atoms with E-state index < -0.39 is 0 Å². The molecule has 0 radical (unpaired) electrons. The summed E-state index contributed by atoms with van der Waals surface area (Å²) in [7, 11) is 0. The van der Waals surface area contributed by atoms with Crippen LogP contribution in [-0.2, 0) is 19.2 Å². The second-order valence-corrected chi connectivity index (χ2v) is 6.49. The van der Waals surface area contributed by atoms with E-state index in [1.165, 1.54) is 8.61 Å². The van der Waals surface area contributed by atoms with Gasteiger partial charge >= 0.3 is 0 Å². The number of imide groups is 1. The van der Waals surface area contributed by atoms with Crippen LogP contribution >= 0.6 is 25.6 Å². The molecule has 0 aromatic heterocycles. The summed E-state index contributed by atoms with van der Waals surface area (Å²) in [5, 5.41) is 0. The first-order chi connectivity index (χ1) is 10.8. The summed E-state index contributed by atoms with van der Waals surface area (Å²) in [6.45, 7) is 4.14. The number of nitrogens with zero attached hydrogens (tertiary/aromatic N) is 3. The highest BCUT2D eigenvalue weighted by molar-refractivity contribution is 7.78. The van der Waals surface area contributed by atoms with Gasteiger partial charge < -0.3 is 0 Å². The summed E-state index contributed by atoms with van der Waals surface area (Å²) < 4.78 is 2.44. The molecule has 0 aliphatic carbocycles. The molecule has 1 aliphatic rings. The molecule has 0 aromatic rings. The number of rotatable bonds is 8. The summed E-state index contributed by atoms with van der Waals surface area (Å²) in [5.74, 6) is -1.20. The molecule has 9 heteroatoms. The van der Waals surface area contributed by atoms with Crippen LogP contribution in [0.5, 0.6) is 0 Å². The van der Waals surface area contributed by atoms with Crippen LogP contribution in [0.15, 0.2) is 0 Å². The van der Waals surface area contributed by atoms with E-state index in [1.807, 2.05) is 6.92 Å². The highest BCUT2D eigenvalue weighted by Crippen LogP contribution is 2.19. The number of hydrogen-bond acceptors (Lipinski definition) is 6. The summed E-state index contributed by atoms with van der Waals surface area (Å²) in [6, 6.07) is 0. The Morgan fingerprint density at radius 2 is 1.65 bits per heavy atom. The van der Waals surface area contributed by atoms with Crippen LogP contribution < -0.4 is 0 Å². The Balaban J connectivity index is 2.36. The van der Waals surface area contributed by atoms with E-state index in [9.17, 15) is 19.2 Å². The van der Waals surface area contributed by atoms with Gasteiger partial charge in [-0.25, -0.2) is 0 Å². The van der Waals surface area contributed by atoms with Gasteiger partial charge in [-0.2, -0.15) is 0 Å². The molecule has 7 nitrogen and oxygen atoms in total. The third kappa shape index (κ3) is 5.72. The quantitative estimate of drug-likeness (QED) is 0.498. The summed E-state index contributed by atoms with van der Waals surface area (Å²) in [6.07, 6.45) is 1.35. The van der Waals surface area contributed by atoms with Crippen molar-refractivity contribution >= 4 is 49.3 Å². The first-order valence-electron chi connectivity index (χ1n) is 7.60. The molecule has 0 saturated carbocycles. The molecule has 4 amide bonds. The molecule has 23 heavy (non-hydrogen) atoms. The summed E-state index contributed by atoms with van der Waals surface area (Å²) in [4.78, 5) is 48.1. The number of likely N-dealkylation sites (tertiary alicyclic amines) is 1. The van der Waals surface area contributed by atoms with Crippen molar-refractivity contribution in [2.24, 2.45) is 5.92 Å². The van der Waals surface area contributed by atoms with Gasteiger partial charge in [0.05, 0.1) is 13.1 Å². The minimum Gasteiger partial charge on any atom is -0.287 e. The Bertz CT molecular complexity index is 487. The van der Waals surface area contributed by atoms with Gasteiger partial charge in [0.25, 0.3) is 0 Å². The van der Waals surface area contributed by atoms with Crippen molar-refractivity contribution in [1.29, 1.82) is 0 Å². The number of amides is 4. The first kappa shape index (κ1) is 19.8. The van der Waals surface area contributed by atoms with Crippen molar-refractivity contribution in [3.63, 3.8) is 0 Å². The fourth-order valence-corrected chi connectivity index (χ4v) is 2.58. The van der Waals surface area contributed by atoms with Gasteiger partial charge in [-0.15, -0.1) is 0 Å². The van der Waals surface area contributed by atoms with Crippen LogP contribution in [-0.4, -0.2) is 56.8 Å². The lowest BCUT2D eigenvalue weighted by molar-refractivity contribution is -0.140. The van der Waals surface area contributed by atoms with E-state index in [0.29, 0.717) is 6.42 Å². The van der Waals surface area contributed by atoms with E-state index >= 15 is 0 Å². The maximum Gasteiger partial charge on any atom is 0.234 e. The fraction of sp³-hybridized carbons (Fsp3) is 0.714. The van der Waals surface area contributed by atoms with E-state index in [2.05, 4.69) is 25.6 Å². The molecule has 1 atom stereocenters. The van der Waals surface area contributed by atoms with Crippen LogP contribution in [0.1, 0.15) is 39.5 Å². The zero-order valence-corrected chi connectivity index (χ0v) is 15.2. The van der Waals surface area contributed by atoms with E-state index in [1.54, 1.807) is 6.92 Å². The number of carbonyl (C=O) groups excluding carboxylic acids is 4. The molecule has 0 bridgehead atoms. The normalized spacial score (nSPS) is 17.6. The van der Waals surface area contributed by atoms with Crippen molar-refractivity contribution in [2.75, 3.05) is 19.6 Å². The highest BCUT2D eigenvalue weighted by Gasteiger charge is 2.35. The Labute approximate surface area is 147 Å². The third-order valence-corrected chi connectivity index (χ3v) is 4.43. The fourth-order valence-electron chi connectivity index (χ4n) is 2.20. The molecule has 0 N–H and O–H groups in total. The largest absolute Gasteiger partial charge is 0.287 e. The van der Waals surface area contributed by atoms with E-state index in [4.69, 9.17) is 0 Å².